The molecular formula is C15H9ClN4O. The van der Waals surface area contributed by atoms with Crippen LogP contribution in [0.25, 0.3) is 27.5 Å². The van der Waals surface area contributed by atoms with Crippen LogP contribution in [0.1, 0.15) is 0 Å². The number of nitrogens with one attached hydrogen (secondary N) is 1. The second kappa shape index (κ2) is 4.43. The van der Waals surface area contributed by atoms with E-state index in [0.717, 1.165) is 10.8 Å². The van der Waals surface area contributed by atoms with Gasteiger partial charge in [-0.3, -0.25) is 9.89 Å². The van der Waals surface area contributed by atoms with Crippen LogP contribution in [0.3, 0.4) is 0 Å². The minimum Gasteiger partial charge on any atom is -0.288 e. The van der Waals surface area contributed by atoms with Crippen molar-refractivity contribution < 1.29 is 0 Å². The van der Waals surface area contributed by atoms with Crippen LogP contribution in [-0.2, 0) is 0 Å². The van der Waals surface area contributed by atoms with E-state index in [-0.39, 0.29) is 5.56 Å². The molecule has 0 aliphatic heterocycles. The van der Waals surface area contributed by atoms with Crippen LogP contribution in [0.15, 0.2) is 53.6 Å². The van der Waals surface area contributed by atoms with Gasteiger partial charge in [-0.05, 0) is 12.1 Å². The highest BCUT2D eigenvalue weighted by molar-refractivity contribution is 6.29. The minimum atomic E-state index is -0.208. The van der Waals surface area contributed by atoms with Crippen LogP contribution in [-0.4, -0.2) is 19.7 Å². The summed E-state index contributed by atoms with van der Waals surface area (Å²) in [6, 6.07) is 11.2. The lowest BCUT2D eigenvalue weighted by Crippen LogP contribution is -2.14. The number of fused-ring (bicyclic) bond motifs is 3. The molecular weight excluding hydrogens is 288 g/mol. The van der Waals surface area contributed by atoms with E-state index in [1.807, 2.05) is 24.3 Å². The van der Waals surface area contributed by atoms with Crippen molar-refractivity contribution in [3.63, 3.8) is 0 Å². The molecule has 4 aromatic rings. The quantitative estimate of drug-likeness (QED) is 0.549. The molecule has 0 radical (unpaired) electrons. The van der Waals surface area contributed by atoms with Gasteiger partial charge in [0.25, 0.3) is 5.56 Å². The fourth-order valence-corrected chi connectivity index (χ4v) is 2.50. The highest BCUT2D eigenvalue weighted by atomic mass is 35.5. The summed E-state index contributed by atoms with van der Waals surface area (Å²) in [6.07, 6.45) is 3.25. The van der Waals surface area contributed by atoms with Crippen LogP contribution in [0.4, 0.5) is 0 Å². The summed E-state index contributed by atoms with van der Waals surface area (Å²) >= 11 is 5.77. The topological polar surface area (TPSA) is 63.6 Å². The zero-order chi connectivity index (χ0) is 14.4. The van der Waals surface area contributed by atoms with Gasteiger partial charge in [-0.25, -0.2) is 14.6 Å². The van der Waals surface area contributed by atoms with Gasteiger partial charge in [0.2, 0.25) is 0 Å². The third kappa shape index (κ3) is 1.82. The summed E-state index contributed by atoms with van der Waals surface area (Å²) in [5, 5.41) is 5.42. The molecule has 0 amide bonds. The van der Waals surface area contributed by atoms with Crippen molar-refractivity contribution in [2.45, 2.75) is 0 Å². The molecule has 102 valence electrons. The maximum Gasteiger partial charge on any atom is 0.297 e. The van der Waals surface area contributed by atoms with Gasteiger partial charge < -0.3 is 0 Å². The maximum atomic E-state index is 12.5. The van der Waals surface area contributed by atoms with Gasteiger partial charge in [0.05, 0.1) is 17.4 Å². The Bertz CT molecular complexity index is 1020. The predicted molar refractivity (Wildman–Crippen MR) is 82.0 cm³/mol. The Morgan fingerprint density at radius 2 is 1.90 bits per heavy atom. The number of halogens is 1. The van der Waals surface area contributed by atoms with Crippen molar-refractivity contribution in [3.8, 4) is 5.69 Å². The molecule has 21 heavy (non-hydrogen) atoms. The van der Waals surface area contributed by atoms with E-state index in [0.29, 0.717) is 21.9 Å². The Balaban J connectivity index is 2.07. The molecule has 0 fully saturated rings. The van der Waals surface area contributed by atoms with E-state index in [4.69, 9.17) is 11.6 Å². The molecule has 6 heteroatoms. The molecule has 0 unspecified atom stereocenters. The van der Waals surface area contributed by atoms with Crippen molar-refractivity contribution in [2.75, 3.05) is 0 Å². The molecule has 4 rings (SSSR count). The highest BCUT2D eigenvalue weighted by Crippen LogP contribution is 2.20. The molecule has 0 saturated heterocycles. The lowest BCUT2D eigenvalue weighted by Gasteiger charge is -2.00. The molecule has 0 bridgehead atoms. The SMILES string of the molecule is O=c1c2ncc3ccccc3c2[nH]n1-c1ccc(Cl)nc1. The Kier molecular flexibility index (Phi) is 2.55. The Morgan fingerprint density at radius 1 is 1.05 bits per heavy atom. The molecule has 3 aromatic heterocycles. The number of H-pyrrole nitrogens is 1. The Morgan fingerprint density at radius 3 is 2.71 bits per heavy atom. The molecule has 0 aliphatic carbocycles. The maximum absolute atomic E-state index is 12.5. The van der Waals surface area contributed by atoms with Gasteiger partial charge >= 0.3 is 0 Å². The fourth-order valence-electron chi connectivity index (χ4n) is 2.39. The molecule has 0 atom stereocenters. The van der Waals surface area contributed by atoms with Crippen LogP contribution < -0.4 is 5.56 Å². The lowest BCUT2D eigenvalue weighted by atomic mass is 10.1. The zero-order valence-electron chi connectivity index (χ0n) is 10.7. The van der Waals surface area contributed by atoms with Crippen LogP contribution in [0.2, 0.25) is 5.15 Å². The minimum absolute atomic E-state index is 0.208. The van der Waals surface area contributed by atoms with E-state index in [1.165, 1.54) is 4.68 Å². The molecule has 5 nitrogen and oxygen atoms in total. The van der Waals surface area contributed by atoms with Crippen molar-refractivity contribution in [2.24, 2.45) is 0 Å². The summed E-state index contributed by atoms with van der Waals surface area (Å²) in [6.45, 7) is 0. The first-order chi connectivity index (χ1) is 10.2. The average molecular weight is 297 g/mol. The van der Waals surface area contributed by atoms with Crippen molar-refractivity contribution in [3.05, 3.63) is 64.3 Å². The summed E-state index contributed by atoms with van der Waals surface area (Å²) in [4.78, 5) is 20.7. The monoisotopic (exact) mass is 296 g/mol. The Hall–Kier alpha value is -2.66. The first-order valence-corrected chi connectivity index (χ1v) is 6.72. The van der Waals surface area contributed by atoms with Gasteiger partial charge in [-0.2, -0.15) is 0 Å². The second-order valence-electron chi connectivity index (χ2n) is 4.66. The molecule has 0 aliphatic rings. The van der Waals surface area contributed by atoms with E-state index < -0.39 is 0 Å². The standard InChI is InChI=1S/C15H9ClN4O/c16-12-6-5-10(8-17-12)20-15(21)14-13(19-20)11-4-2-1-3-9(11)7-18-14/h1-8,19H. The van der Waals surface area contributed by atoms with E-state index in [9.17, 15) is 4.79 Å². The normalized spacial score (nSPS) is 11.3. The smallest absolute Gasteiger partial charge is 0.288 e. The number of aromatic amines is 1. The third-order valence-corrected chi connectivity index (χ3v) is 3.62. The van der Waals surface area contributed by atoms with Crippen molar-refractivity contribution in [1.29, 1.82) is 0 Å². The number of benzene rings is 1. The third-order valence-electron chi connectivity index (χ3n) is 3.40. The number of nitrogens with zero attached hydrogens (tertiary/aromatic N) is 3. The molecule has 3 heterocycles. The molecule has 0 spiro atoms. The predicted octanol–water partition coefficient (Wildman–Crippen LogP) is 2.92. The number of hydrogen-bond donors (Lipinski definition) is 1. The van der Waals surface area contributed by atoms with Gasteiger partial charge in [0.1, 0.15) is 5.15 Å². The highest BCUT2D eigenvalue weighted by Gasteiger charge is 2.12. The van der Waals surface area contributed by atoms with E-state index in [2.05, 4.69) is 15.1 Å². The number of pyridine rings is 2. The summed E-state index contributed by atoms with van der Waals surface area (Å²) in [7, 11) is 0. The van der Waals surface area contributed by atoms with Gasteiger partial charge in [-0.1, -0.05) is 35.9 Å². The first kappa shape index (κ1) is 12.1. The summed E-state index contributed by atoms with van der Waals surface area (Å²) < 4.78 is 1.42. The first-order valence-electron chi connectivity index (χ1n) is 6.34. The summed E-state index contributed by atoms with van der Waals surface area (Å²) in [5.74, 6) is 0. The van der Waals surface area contributed by atoms with Gasteiger partial charge in [-0.15, -0.1) is 0 Å². The molecule has 1 aromatic carbocycles. The Labute approximate surface area is 123 Å². The molecule has 1 N–H and O–H groups in total. The van der Waals surface area contributed by atoms with Crippen LogP contribution >= 0.6 is 11.6 Å². The van der Waals surface area contributed by atoms with Crippen LogP contribution in [0, 0.1) is 0 Å². The number of aromatic nitrogens is 4. The van der Waals surface area contributed by atoms with E-state index >= 15 is 0 Å². The lowest BCUT2D eigenvalue weighted by molar-refractivity contribution is 0.857. The van der Waals surface area contributed by atoms with Crippen molar-refractivity contribution >= 4 is 33.4 Å². The fraction of sp³-hybridized carbons (Fsp3) is 0. The molecule has 0 saturated carbocycles. The average Bonchev–Trinajstić information content (AvgIpc) is 2.86. The van der Waals surface area contributed by atoms with E-state index in [1.54, 1.807) is 24.5 Å². The zero-order valence-corrected chi connectivity index (χ0v) is 11.5. The number of rotatable bonds is 1. The number of hydrogen-bond acceptors (Lipinski definition) is 3. The summed E-state index contributed by atoms with van der Waals surface area (Å²) in [5.41, 5.74) is 1.53. The largest absolute Gasteiger partial charge is 0.297 e. The van der Waals surface area contributed by atoms with Crippen LogP contribution in [0.5, 0.6) is 0 Å². The van der Waals surface area contributed by atoms with Gasteiger partial charge in [0, 0.05) is 17.0 Å². The van der Waals surface area contributed by atoms with Crippen molar-refractivity contribution in [1.82, 2.24) is 19.7 Å². The van der Waals surface area contributed by atoms with Gasteiger partial charge in [0.15, 0.2) is 5.52 Å². The second-order valence-corrected chi connectivity index (χ2v) is 5.05.